The fourth-order valence-electron chi connectivity index (χ4n) is 4.60. The summed E-state index contributed by atoms with van der Waals surface area (Å²) in [6.07, 6.45) is -4.38. The lowest BCUT2D eigenvalue weighted by Gasteiger charge is -2.39. The molecule has 37 heavy (non-hydrogen) atoms. The number of methoxy groups -OCH3 is 2. The average Bonchev–Trinajstić information content (AvgIpc) is 3.30. The molecule has 11 nitrogen and oxygen atoms in total. The van der Waals surface area contributed by atoms with Crippen LogP contribution in [0.3, 0.4) is 0 Å². The number of benzene rings is 2. The van der Waals surface area contributed by atoms with Gasteiger partial charge in [-0.3, -0.25) is 0 Å². The van der Waals surface area contributed by atoms with Crippen molar-refractivity contribution in [3.05, 3.63) is 53.1 Å². The lowest BCUT2D eigenvalue weighted by molar-refractivity contribution is -0.277. The van der Waals surface area contributed by atoms with E-state index in [2.05, 4.69) is 0 Å². The van der Waals surface area contributed by atoms with Gasteiger partial charge >= 0.3 is 0 Å². The van der Waals surface area contributed by atoms with Crippen molar-refractivity contribution < 1.29 is 54.3 Å². The fraction of sp³-hybridized carbons (Fsp3) is 0.462. The number of hydrogen-bond acceptors (Lipinski definition) is 11. The lowest BCUT2D eigenvalue weighted by Crippen LogP contribution is -2.60. The molecule has 0 saturated carbocycles. The summed E-state index contributed by atoms with van der Waals surface area (Å²) in [6.45, 7) is -0.900. The molecule has 0 aromatic heterocycles. The van der Waals surface area contributed by atoms with Crippen molar-refractivity contribution in [1.82, 2.24) is 0 Å². The van der Waals surface area contributed by atoms with Gasteiger partial charge in [0, 0.05) is 5.56 Å². The molecular formula is C26H32O11. The third-order valence-electron chi connectivity index (χ3n) is 6.56. The lowest BCUT2D eigenvalue weighted by atomic mass is 9.90. The number of aliphatic hydroxyl groups is 6. The number of aliphatic hydroxyl groups excluding tert-OH is 6. The van der Waals surface area contributed by atoms with E-state index in [9.17, 15) is 25.5 Å². The van der Waals surface area contributed by atoms with Crippen LogP contribution in [0.15, 0.2) is 36.4 Å². The Balaban J connectivity index is 1.61. The zero-order valence-electron chi connectivity index (χ0n) is 20.4. The van der Waals surface area contributed by atoms with Crippen molar-refractivity contribution in [3.8, 4) is 23.0 Å². The van der Waals surface area contributed by atoms with E-state index in [-0.39, 0.29) is 24.7 Å². The number of fused-ring (bicyclic) bond motifs is 1. The third kappa shape index (κ3) is 5.25. The predicted octanol–water partition coefficient (Wildman–Crippen LogP) is 0.0976. The maximum absolute atomic E-state index is 10.3. The van der Waals surface area contributed by atoms with Crippen LogP contribution in [0.4, 0.5) is 0 Å². The van der Waals surface area contributed by atoms with Crippen LogP contribution < -0.4 is 18.9 Å². The topological polar surface area (TPSA) is 168 Å². The number of ether oxygens (including phenoxy) is 5. The molecule has 202 valence electrons. The molecule has 2 aliphatic heterocycles. The molecule has 1 saturated heterocycles. The fourth-order valence-corrected chi connectivity index (χ4v) is 4.60. The van der Waals surface area contributed by atoms with Crippen LogP contribution >= 0.6 is 0 Å². The van der Waals surface area contributed by atoms with Crippen LogP contribution in [0, 0.1) is 0 Å². The Hall–Kier alpha value is -2.90. The van der Waals surface area contributed by atoms with Gasteiger partial charge in [-0.05, 0) is 35.4 Å². The van der Waals surface area contributed by atoms with Crippen LogP contribution in [0.25, 0.3) is 6.08 Å². The summed E-state index contributed by atoms with van der Waals surface area (Å²) in [4.78, 5) is 0. The van der Waals surface area contributed by atoms with E-state index in [0.717, 1.165) is 11.1 Å². The van der Waals surface area contributed by atoms with Gasteiger partial charge in [-0.2, -0.15) is 0 Å². The predicted molar refractivity (Wildman–Crippen MR) is 130 cm³/mol. The standard InChI is InChI=1S/C26H32O11/c1-33-18-10-14(5-6-17(18)35-26-23(32)22(31)21(30)20(12-29)36-26)24-16(11-28)15-8-13(4-3-7-27)9-19(34-2)25(15)37-24/h3-6,8-10,16,20-24,26-32H,7,11-12H2,1-2H3/b4-3+/t16-,20+,21+,22-,23+,24-,26-/m1/s1. The summed E-state index contributed by atoms with van der Waals surface area (Å²) in [5.41, 5.74) is 2.21. The van der Waals surface area contributed by atoms with Gasteiger partial charge in [-0.15, -0.1) is 0 Å². The molecule has 11 heteroatoms. The molecule has 4 rings (SSSR count). The highest BCUT2D eigenvalue weighted by atomic mass is 16.7. The maximum atomic E-state index is 10.3. The molecule has 0 spiro atoms. The molecule has 0 bridgehead atoms. The van der Waals surface area contributed by atoms with Gasteiger partial charge in [0.05, 0.1) is 40.0 Å². The van der Waals surface area contributed by atoms with E-state index >= 15 is 0 Å². The quantitative estimate of drug-likeness (QED) is 0.265. The average molecular weight is 521 g/mol. The second-order valence-corrected chi connectivity index (χ2v) is 8.78. The Morgan fingerprint density at radius 3 is 2.27 bits per heavy atom. The van der Waals surface area contributed by atoms with Crippen LogP contribution in [0.5, 0.6) is 23.0 Å². The van der Waals surface area contributed by atoms with E-state index in [1.807, 2.05) is 6.07 Å². The summed E-state index contributed by atoms with van der Waals surface area (Å²) in [6, 6.07) is 8.60. The smallest absolute Gasteiger partial charge is 0.229 e. The highest BCUT2D eigenvalue weighted by Gasteiger charge is 2.45. The van der Waals surface area contributed by atoms with Crippen molar-refractivity contribution in [3.63, 3.8) is 0 Å². The molecule has 0 amide bonds. The van der Waals surface area contributed by atoms with Crippen LogP contribution in [-0.4, -0.2) is 95.4 Å². The second-order valence-electron chi connectivity index (χ2n) is 8.78. The molecule has 2 heterocycles. The Kier molecular flexibility index (Phi) is 8.55. The molecule has 1 fully saturated rings. The van der Waals surface area contributed by atoms with E-state index in [0.29, 0.717) is 17.1 Å². The minimum atomic E-state index is -1.58. The summed E-state index contributed by atoms with van der Waals surface area (Å²) >= 11 is 0. The van der Waals surface area contributed by atoms with Crippen molar-refractivity contribution in [1.29, 1.82) is 0 Å². The highest BCUT2D eigenvalue weighted by Crippen LogP contribution is 2.51. The van der Waals surface area contributed by atoms with Gasteiger partial charge in [0.2, 0.25) is 6.29 Å². The van der Waals surface area contributed by atoms with Gasteiger partial charge in [-0.25, -0.2) is 0 Å². The zero-order chi connectivity index (χ0) is 26.7. The van der Waals surface area contributed by atoms with E-state index in [1.54, 1.807) is 36.4 Å². The molecule has 6 N–H and O–H groups in total. The van der Waals surface area contributed by atoms with E-state index < -0.39 is 49.3 Å². The Morgan fingerprint density at radius 2 is 1.62 bits per heavy atom. The van der Waals surface area contributed by atoms with Crippen molar-refractivity contribution in [2.24, 2.45) is 0 Å². The minimum Gasteiger partial charge on any atom is -0.493 e. The molecule has 2 aliphatic rings. The van der Waals surface area contributed by atoms with Gasteiger partial charge < -0.3 is 54.3 Å². The zero-order valence-corrected chi connectivity index (χ0v) is 20.4. The van der Waals surface area contributed by atoms with Gasteiger partial charge in [0.1, 0.15) is 30.5 Å². The van der Waals surface area contributed by atoms with Gasteiger partial charge in [0.15, 0.2) is 23.0 Å². The van der Waals surface area contributed by atoms with Crippen molar-refractivity contribution in [2.75, 3.05) is 34.0 Å². The molecule has 2 aromatic carbocycles. The third-order valence-corrected chi connectivity index (χ3v) is 6.56. The Labute approximate surface area is 213 Å². The van der Waals surface area contributed by atoms with Crippen LogP contribution in [-0.2, 0) is 4.74 Å². The first-order valence-corrected chi connectivity index (χ1v) is 11.8. The second kappa shape index (κ2) is 11.7. The normalized spacial score (nSPS) is 29.1. The van der Waals surface area contributed by atoms with Gasteiger partial charge in [-0.1, -0.05) is 18.2 Å². The Bertz CT molecular complexity index is 1100. The largest absolute Gasteiger partial charge is 0.493 e. The molecule has 2 aromatic rings. The van der Waals surface area contributed by atoms with Crippen molar-refractivity contribution >= 4 is 6.08 Å². The molecule has 0 unspecified atom stereocenters. The molecule has 7 atom stereocenters. The summed E-state index contributed by atoms with van der Waals surface area (Å²) in [7, 11) is 2.95. The Morgan fingerprint density at radius 1 is 0.865 bits per heavy atom. The molecule has 0 aliphatic carbocycles. The SMILES string of the molecule is COc1cc([C@H]2Oc3c(OC)cc(/C=C/CO)cc3[C@H]2CO)ccc1O[C@@H]1O[C@@H](CO)[C@H](O)[C@@H](O)[C@@H]1O. The first kappa shape index (κ1) is 27.1. The molecule has 0 radical (unpaired) electrons. The van der Waals surface area contributed by atoms with Crippen LogP contribution in [0.1, 0.15) is 28.7 Å². The summed E-state index contributed by atoms with van der Waals surface area (Å²) in [5.74, 6) is 1.03. The minimum absolute atomic E-state index is 0.112. The monoisotopic (exact) mass is 520 g/mol. The van der Waals surface area contributed by atoms with E-state index in [4.69, 9.17) is 28.8 Å². The molecular weight excluding hydrogens is 488 g/mol. The van der Waals surface area contributed by atoms with E-state index in [1.165, 1.54) is 14.2 Å². The van der Waals surface area contributed by atoms with Gasteiger partial charge in [0.25, 0.3) is 0 Å². The number of rotatable bonds is 9. The summed E-state index contributed by atoms with van der Waals surface area (Å²) in [5, 5.41) is 59.1. The van der Waals surface area contributed by atoms with Crippen molar-refractivity contribution in [2.45, 2.75) is 42.7 Å². The van der Waals surface area contributed by atoms with Crippen LogP contribution in [0.2, 0.25) is 0 Å². The number of hydrogen-bond donors (Lipinski definition) is 6. The first-order valence-electron chi connectivity index (χ1n) is 11.8. The maximum Gasteiger partial charge on any atom is 0.229 e. The highest BCUT2D eigenvalue weighted by molar-refractivity contribution is 5.62. The first-order chi connectivity index (χ1) is 17.9. The summed E-state index contributed by atoms with van der Waals surface area (Å²) < 4.78 is 28.4.